The van der Waals surface area contributed by atoms with Crippen LogP contribution in [0.1, 0.15) is 13.3 Å². The molecule has 1 unspecified atom stereocenters. The molecule has 1 aliphatic heterocycles. The predicted molar refractivity (Wildman–Crippen MR) is 67.4 cm³/mol. The minimum atomic E-state index is -0.420. The van der Waals surface area contributed by atoms with Gasteiger partial charge in [0.05, 0.1) is 4.92 Å². The van der Waals surface area contributed by atoms with Gasteiger partial charge in [-0.1, -0.05) is 0 Å². The predicted octanol–water partition coefficient (Wildman–Crippen LogP) is 1.63. The van der Waals surface area contributed by atoms with Gasteiger partial charge >= 0.3 is 0 Å². The first kappa shape index (κ1) is 12.3. The lowest BCUT2D eigenvalue weighted by Gasteiger charge is -2.15. The highest BCUT2D eigenvalue weighted by Gasteiger charge is 2.23. The van der Waals surface area contributed by atoms with E-state index in [1.54, 1.807) is 24.0 Å². The number of nitro benzene ring substituents is 1. The summed E-state index contributed by atoms with van der Waals surface area (Å²) in [5.74, 6) is 0.0861. The first-order valence-electron chi connectivity index (χ1n) is 5.83. The van der Waals surface area contributed by atoms with Crippen LogP contribution in [-0.2, 0) is 4.79 Å². The van der Waals surface area contributed by atoms with Gasteiger partial charge in [-0.05, 0) is 18.6 Å². The highest BCUT2D eigenvalue weighted by molar-refractivity contribution is 5.73. The molecular weight excluding hydrogens is 234 g/mol. The van der Waals surface area contributed by atoms with E-state index in [9.17, 15) is 14.9 Å². The monoisotopic (exact) mass is 249 g/mol. The van der Waals surface area contributed by atoms with Gasteiger partial charge in [-0.15, -0.1) is 0 Å². The number of nitro groups is 1. The largest absolute Gasteiger partial charge is 0.380 e. The molecule has 1 amide bonds. The van der Waals surface area contributed by atoms with E-state index in [0.717, 1.165) is 18.7 Å². The zero-order valence-corrected chi connectivity index (χ0v) is 10.1. The first-order chi connectivity index (χ1) is 8.56. The van der Waals surface area contributed by atoms with Crippen molar-refractivity contribution in [2.45, 2.75) is 19.4 Å². The second kappa shape index (κ2) is 5.03. The smallest absolute Gasteiger partial charge is 0.269 e. The van der Waals surface area contributed by atoms with Crippen LogP contribution in [0.5, 0.6) is 0 Å². The highest BCUT2D eigenvalue weighted by atomic mass is 16.6. The Balaban J connectivity index is 1.94. The van der Waals surface area contributed by atoms with E-state index in [-0.39, 0.29) is 17.6 Å². The summed E-state index contributed by atoms with van der Waals surface area (Å²) in [6.45, 7) is 3.01. The molecule has 2 rings (SSSR count). The summed E-state index contributed by atoms with van der Waals surface area (Å²) < 4.78 is 0. The summed E-state index contributed by atoms with van der Waals surface area (Å²) in [5.41, 5.74) is 0.924. The molecule has 0 saturated carbocycles. The van der Waals surface area contributed by atoms with Gasteiger partial charge in [-0.3, -0.25) is 14.9 Å². The van der Waals surface area contributed by atoms with Gasteiger partial charge in [-0.2, -0.15) is 0 Å². The first-order valence-corrected chi connectivity index (χ1v) is 5.83. The van der Waals surface area contributed by atoms with Gasteiger partial charge in [-0.25, -0.2) is 0 Å². The van der Waals surface area contributed by atoms with Crippen LogP contribution < -0.4 is 5.32 Å². The van der Waals surface area contributed by atoms with E-state index in [0.29, 0.717) is 6.54 Å². The van der Waals surface area contributed by atoms with Gasteiger partial charge in [0.25, 0.3) is 5.69 Å². The van der Waals surface area contributed by atoms with Crippen molar-refractivity contribution in [3.05, 3.63) is 34.4 Å². The quantitative estimate of drug-likeness (QED) is 0.652. The Labute approximate surface area is 105 Å². The SMILES string of the molecule is CC(=O)N1CCC(Nc2ccc([N+](=O)[O-])cc2)C1. The summed E-state index contributed by atoms with van der Waals surface area (Å²) in [4.78, 5) is 23.1. The van der Waals surface area contributed by atoms with Gasteiger partial charge in [0, 0.05) is 43.9 Å². The van der Waals surface area contributed by atoms with Crippen molar-refractivity contribution in [3.63, 3.8) is 0 Å². The number of hydrogen-bond acceptors (Lipinski definition) is 4. The van der Waals surface area contributed by atoms with E-state index < -0.39 is 4.92 Å². The number of nitrogens with one attached hydrogen (secondary N) is 1. The Morgan fingerprint density at radius 2 is 2.11 bits per heavy atom. The average molecular weight is 249 g/mol. The number of rotatable bonds is 3. The number of benzene rings is 1. The molecule has 1 fully saturated rings. The van der Waals surface area contributed by atoms with E-state index in [2.05, 4.69) is 5.32 Å². The number of non-ortho nitro benzene ring substituents is 1. The average Bonchev–Trinajstić information content (AvgIpc) is 2.78. The number of nitrogens with zero attached hydrogens (tertiary/aromatic N) is 2. The Morgan fingerprint density at radius 1 is 1.44 bits per heavy atom. The van der Waals surface area contributed by atoms with Crippen LogP contribution >= 0.6 is 0 Å². The molecule has 0 radical (unpaired) electrons. The standard InChI is InChI=1S/C12H15N3O3/c1-9(16)14-7-6-11(8-14)13-10-2-4-12(5-3-10)15(17)18/h2-5,11,13H,6-8H2,1H3. The van der Waals surface area contributed by atoms with Crippen LogP contribution in [0.4, 0.5) is 11.4 Å². The van der Waals surface area contributed by atoms with Crippen molar-refractivity contribution in [1.82, 2.24) is 4.90 Å². The van der Waals surface area contributed by atoms with E-state index in [1.807, 2.05) is 0 Å². The summed E-state index contributed by atoms with van der Waals surface area (Å²) in [6, 6.07) is 6.54. The molecule has 1 aliphatic rings. The van der Waals surface area contributed by atoms with Crippen molar-refractivity contribution < 1.29 is 9.72 Å². The minimum absolute atomic E-state index is 0.0809. The van der Waals surface area contributed by atoms with Crippen molar-refractivity contribution in [2.75, 3.05) is 18.4 Å². The fraction of sp³-hybridized carbons (Fsp3) is 0.417. The number of carbonyl (C=O) groups excluding carboxylic acids is 1. The molecule has 18 heavy (non-hydrogen) atoms. The number of anilines is 1. The molecule has 1 aromatic carbocycles. The van der Waals surface area contributed by atoms with Gasteiger partial charge < -0.3 is 10.2 Å². The summed E-state index contributed by atoms with van der Waals surface area (Å²) in [6.07, 6.45) is 0.899. The second-order valence-electron chi connectivity index (χ2n) is 4.40. The molecule has 1 N–H and O–H groups in total. The van der Waals surface area contributed by atoms with Crippen LogP contribution in [0.15, 0.2) is 24.3 Å². The topological polar surface area (TPSA) is 75.5 Å². The van der Waals surface area contributed by atoms with E-state index >= 15 is 0 Å². The molecule has 6 heteroatoms. The number of carbonyl (C=O) groups is 1. The van der Waals surface area contributed by atoms with Crippen molar-refractivity contribution in [2.24, 2.45) is 0 Å². The van der Waals surface area contributed by atoms with Crippen molar-refractivity contribution >= 4 is 17.3 Å². The third kappa shape index (κ3) is 2.77. The van der Waals surface area contributed by atoms with Gasteiger partial charge in [0.15, 0.2) is 0 Å². The molecule has 96 valence electrons. The zero-order chi connectivity index (χ0) is 13.1. The molecule has 1 heterocycles. The van der Waals surface area contributed by atoms with Crippen LogP contribution in [-0.4, -0.2) is 34.9 Å². The number of hydrogen-bond donors (Lipinski definition) is 1. The van der Waals surface area contributed by atoms with Gasteiger partial charge in [0.2, 0.25) is 5.91 Å². The van der Waals surface area contributed by atoms with Crippen LogP contribution in [0.2, 0.25) is 0 Å². The van der Waals surface area contributed by atoms with Gasteiger partial charge in [0.1, 0.15) is 0 Å². The lowest BCUT2D eigenvalue weighted by molar-refractivity contribution is -0.384. The Morgan fingerprint density at radius 3 is 2.61 bits per heavy atom. The highest BCUT2D eigenvalue weighted by Crippen LogP contribution is 2.19. The Kier molecular flexibility index (Phi) is 3.45. The molecule has 0 aliphatic carbocycles. The summed E-state index contributed by atoms with van der Waals surface area (Å²) in [7, 11) is 0. The molecule has 6 nitrogen and oxygen atoms in total. The Hall–Kier alpha value is -2.11. The van der Waals surface area contributed by atoms with Crippen LogP contribution in [0.3, 0.4) is 0 Å². The minimum Gasteiger partial charge on any atom is -0.380 e. The number of likely N-dealkylation sites (tertiary alicyclic amines) is 1. The summed E-state index contributed by atoms with van der Waals surface area (Å²) in [5, 5.41) is 13.8. The molecule has 0 spiro atoms. The normalized spacial score (nSPS) is 18.7. The maximum Gasteiger partial charge on any atom is 0.269 e. The molecule has 1 aromatic rings. The molecular formula is C12H15N3O3. The van der Waals surface area contributed by atoms with Crippen LogP contribution in [0.25, 0.3) is 0 Å². The molecule has 1 saturated heterocycles. The van der Waals surface area contributed by atoms with Crippen molar-refractivity contribution in [1.29, 1.82) is 0 Å². The third-order valence-electron chi connectivity index (χ3n) is 3.08. The summed E-state index contributed by atoms with van der Waals surface area (Å²) >= 11 is 0. The van der Waals surface area contributed by atoms with Crippen molar-refractivity contribution in [3.8, 4) is 0 Å². The number of amides is 1. The molecule has 0 bridgehead atoms. The lowest BCUT2D eigenvalue weighted by atomic mass is 10.2. The lowest BCUT2D eigenvalue weighted by Crippen LogP contribution is -2.29. The third-order valence-corrected chi connectivity index (χ3v) is 3.08. The molecule has 0 aromatic heterocycles. The fourth-order valence-corrected chi connectivity index (χ4v) is 2.08. The zero-order valence-electron chi connectivity index (χ0n) is 10.1. The second-order valence-corrected chi connectivity index (χ2v) is 4.40. The molecule has 1 atom stereocenters. The fourth-order valence-electron chi connectivity index (χ4n) is 2.08. The van der Waals surface area contributed by atoms with E-state index in [1.165, 1.54) is 12.1 Å². The van der Waals surface area contributed by atoms with Crippen LogP contribution in [0, 0.1) is 10.1 Å². The maximum atomic E-state index is 11.2. The Bertz CT molecular complexity index is 458. The van der Waals surface area contributed by atoms with E-state index in [4.69, 9.17) is 0 Å². The maximum absolute atomic E-state index is 11.2.